The van der Waals surface area contributed by atoms with E-state index in [1.165, 1.54) is 12.1 Å². The number of benzene rings is 2. The fourth-order valence-electron chi connectivity index (χ4n) is 3.67. The Labute approximate surface area is 169 Å². The molecule has 0 aromatic heterocycles. The number of aryl methyl sites for hydroxylation is 1. The van der Waals surface area contributed by atoms with Crippen LogP contribution >= 0.6 is 0 Å². The minimum absolute atomic E-state index is 0.0572. The van der Waals surface area contributed by atoms with Gasteiger partial charge in [-0.3, -0.25) is 9.59 Å². The molecule has 1 aliphatic rings. The summed E-state index contributed by atoms with van der Waals surface area (Å²) in [5, 5.41) is 2.84. The summed E-state index contributed by atoms with van der Waals surface area (Å²) in [7, 11) is 0. The zero-order valence-corrected chi connectivity index (χ0v) is 16.4. The lowest BCUT2D eigenvalue weighted by Gasteiger charge is -2.31. The first-order chi connectivity index (χ1) is 14.0. The number of rotatable bonds is 7. The molecule has 1 N–H and O–H groups in total. The van der Waals surface area contributed by atoms with Crippen LogP contribution in [0.1, 0.15) is 30.4 Å². The Morgan fingerprint density at radius 2 is 1.59 bits per heavy atom. The summed E-state index contributed by atoms with van der Waals surface area (Å²) in [6.45, 7) is 1.50. The molecule has 29 heavy (non-hydrogen) atoms. The molecular formula is C23H26F2N2O2. The van der Waals surface area contributed by atoms with Gasteiger partial charge in [-0.25, -0.2) is 8.78 Å². The number of nitrogens with zero attached hydrogens (tertiary/aromatic N) is 1. The maximum absolute atomic E-state index is 13.2. The van der Waals surface area contributed by atoms with Crippen LogP contribution in [0, 0.1) is 17.6 Å². The predicted molar refractivity (Wildman–Crippen MR) is 107 cm³/mol. The van der Waals surface area contributed by atoms with Gasteiger partial charge in [-0.15, -0.1) is 0 Å². The van der Waals surface area contributed by atoms with Crippen molar-refractivity contribution in [3.63, 3.8) is 0 Å². The van der Waals surface area contributed by atoms with Crippen LogP contribution in [0.15, 0.2) is 48.5 Å². The van der Waals surface area contributed by atoms with Crippen molar-refractivity contribution in [1.29, 1.82) is 0 Å². The molecule has 1 fully saturated rings. The lowest BCUT2D eigenvalue weighted by atomic mass is 9.95. The molecule has 1 saturated heterocycles. The summed E-state index contributed by atoms with van der Waals surface area (Å²) in [4.78, 5) is 26.6. The second kappa shape index (κ2) is 10.1. The molecular weight excluding hydrogens is 374 g/mol. The van der Waals surface area contributed by atoms with Crippen LogP contribution in [0.5, 0.6) is 0 Å². The van der Waals surface area contributed by atoms with E-state index in [-0.39, 0.29) is 17.7 Å². The van der Waals surface area contributed by atoms with E-state index in [0.717, 1.165) is 18.1 Å². The molecule has 2 aromatic carbocycles. The van der Waals surface area contributed by atoms with E-state index in [1.54, 1.807) is 0 Å². The number of halogens is 2. The number of nitrogens with one attached hydrogen (secondary N) is 1. The van der Waals surface area contributed by atoms with Crippen molar-refractivity contribution in [1.82, 2.24) is 10.2 Å². The van der Waals surface area contributed by atoms with Gasteiger partial charge < -0.3 is 10.2 Å². The number of hydrogen-bond acceptors (Lipinski definition) is 2. The Kier molecular flexibility index (Phi) is 7.33. The molecule has 3 rings (SSSR count). The van der Waals surface area contributed by atoms with E-state index in [1.807, 2.05) is 35.2 Å². The largest absolute Gasteiger partial charge is 0.356 e. The number of amides is 2. The molecule has 154 valence electrons. The SMILES string of the molecule is O=C(NCCc1cc(F)cc(F)c1)C1CCN(C(=O)CCc2ccccc2)CC1. The maximum atomic E-state index is 13.2. The second-order valence-corrected chi connectivity index (χ2v) is 7.46. The Balaban J connectivity index is 1.37. The Morgan fingerprint density at radius 3 is 2.24 bits per heavy atom. The van der Waals surface area contributed by atoms with Gasteiger partial charge >= 0.3 is 0 Å². The summed E-state index contributed by atoms with van der Waals surface area (Å²) in [5.74, 6) is -1.29. The van der Waals surface area contributed by atoms with Crippen LogP contribution in [0.2, 0.25) is 0 Å². The van der Waals surface area contributed by atoms with Crippen molar-refractivity contribution in [3.05, 3.63) is 71.3 Å². The number of hydrogen-bond donors (Lipinski definition) is 1. The topological polar surface area (TPSA) is 49.4 Å². The van der Waals surface area contributed by atoms with Gasteiger partial charge in [0.25, 0.3) is 0 Å². The van der Waals surface area contributed by atoms with Crippen molar-refractivity contribution in [2.75, 3.05) is 19.6 Å². The highest BCUT2D eigenvalue weighted by Crippen LogP contribution is 2.19. The van der Waals surface area contributed by atoms with E-state index >= 15 is 0 Å². The number of likely N-dealkylation sites (tertiary alicyclic amines) is 1. The standard InChI is InChI=1S/C23H26F2N2O2/c24-20-14-18(15-21(25)16-20)8-11-26-23(29)19-9-12-27(13-10-19)22(28)7-6-17-4-2-1-3-5-17/h1-5,14-16,19H,6-13H2,(H,26,29). The van der Waals surface area contributed by atoms with Gasteiger partial charge in [0.1, 0.15) is 11.6 Å². The van der Waals surface area contributed by atoms with Gasteiger partial charge in [0, 0.05) is 38.0 Å². The van der Waals surface area contributed by atoms with E-state index in [0.29, 0.717) is 50.9 Å². The minimum Gasteiger partial charge on any atom is -0.356 e. The monoisotopic (exact) mass is 400 g/mol. The Morgan fingerprint density at radius 1 is 0.931 bits per heavy atom. The third kappa shape index (κ3) is 6.38. The highest BCUT2D eigenvalue weighted by Gasteiger charge is 2.26. The maximum Gasteiger partial charge on any atom is 0.223 e. The molecule has 0 aliphatic carbocycles. The van der Waals surface area contributed by atoms with Gasteiger partial charge in [0.05, 0.1) is 0 Å². The van der Waals surface area contributed by atoms with E-state index in [2.05, 4.69) is 5.32 Å². The Hall–Kier alpha value is -2.76. The van der Waals surface area contributed by atoms with Gasteiger partial charge in [-0.05, 0) is 48.9 Å². The smallest absolute Gasteiger partial charge is 0.223 e. The van der Waals surface area contributed by atoms with Crippen LogP contribution in [-0.4, -0.2) is 36.3 Å². The molecule has 2 amide bonds. The van der Waals surface area contributed by atoms with Crippen molar-refractivity contribution in [2.45, 2.75) is 32.1 Å². The highest BCUT2D eigenvalue weighted by molar-refractivity contribution is 5.80. The van der Waals surface area contributed by atoms with E-state index in [4.69, 9.17) is 0 Å². The minimum atomic E-state index is -0.615. The van der Waals surface area contributed by atoms with Crippen molar-refractivity contribution >= 4 is 11.8 Å². The van der Waals surface area contributed by atoms with Crippen molar-refractivity contribution < 1.29 is 18.4 Å². The van der Waals surface area contributed by atoms with E-state index in [9.17, 15) is 18.4 Å². The molecule has 2 aromatic rings. The zero-order valence-electron chi connectivity index (χ0n) is 16.4. The van der Waals surface area contributed by atoms with Crippen molar-refractivity contribution in [3.8, 4) is 0 Å². The van der Waals surface area contributed by atoms with Crippen LogP contribution < -0.4 is 5.32 Å². The van der Waals surface area contributed by atoms with E-state index < -0.39 is 11.6 Å². The average molecular weight is 400 g/mol. The summed E-state index contributed by atoms with van der Waals surface area (Å²) in [6, 6.07) is 13.3. The molecule has 1 aliphatic heterocycles. The zero-order chi connectivity index (χ0) is 20.6. The molecule has 4 nitrogen and oxygen atoms in total. The normalized spacial score (nSPS) is 14.6. The lowest BCUT2D eigenvalue weighted by molar-refractivity contribution is -0.135. The molecule has 0 spiro atoms. The fraction of sp³-hybridized carbons (Fsp3) is 0.391. The van der Waals surface area contributed by atoms with Crippen LogP contribution in [-0.2, 0) is 22.4 Å². The summed E-state index contributed by atoms with van der Waals surface area (Å²) in [5.41, 5.74) is 1.66. The molecule has 1 heterocycles. The van der Waals surface area contributed by atoms with Gasteiger partial charge in [-0.1, -0.05) is 30.3 Å². The first kappa shape index (κ1) is 21.0. The lowest BCUT2D eigenvalue weighted by Crippen LogP contribution is -2.43. The quantitative estimate of drug-likeness (QED) is 0.774. The molecule has 0 bridgehead atoms. The average Bonchev–Trinajstić information content (AvgIpc) is 2.72. The molecule has 6 heteroatoms. The summed E-state index contributed by atoms with van der Waals surface area (Å²) < 4.78 is 26.4. The summed E-state index contributed by atoms with van der Waals surface area (Å²) >= 11 is 0. The predicted octanol–water partition coefficient (Wildman–Crippen LogP) is 3.49. The fourth-order valence-corrected chi connectivity index (χ4v) is 3.67. The molecule has 0 unspecified atom stereocenters. The van der Waals surface area contributed by atoms with Crippen LogP contribution in [0.4, 0.5) is 8.78 Å². The summed E-state index contributed by atoms with van der Waals surface area (Å²) in [6.07, 6.45) is 2.85. The first-order valence-corrected chi connectivity index (χ1v) is 10.1. The number of carbonyl (C=O) groups excluding carboxylic acids is 2. The van der Waals surface area contributed by atoms with Crippen molar-refractivity contribution in [2.24, 2.45) is 5.92 Å². The number of piperidine rings is 1. The Bertz CT molecular complexity index is 814. The molecule has 0 saturated carbocycles. The van der Waals surface area contributed by atoms with Gasteiger partial charge in [0.15, 0.2) is 0 Å². The second-order valence-electron chi connectivity index (χ2n) is 7.46. The molecule has 0 radical (unpaired) electrons. The van der Waals surface area contributed by atoms with Crippen LogP contribution in [0.25, 0.3) is 0 Å². The van der Waals surface area contributed by atoms with Crippen LogP contribution in [0.3, 0.4) is 0 Å². The van der Waals surface area contributed by atoms with Gasteiger partial charge in [0.2, 0.25) is 11.8 Å². The third-order valence-corrected chi connectivity index (χ3v) is 5.32. The third-order valence-electron chi connectivity index (χ3n) is 5.32. The highest BCUT2D eigenvalue weighted by atomic mass is 19.1. The first-order valence-electron chi connectivity index (χ1n) is 10.1. The molecule has 0 atom stereocenters. The van der Waals surface area contributed by atoms with Gasteiger partial charge in [-0.2, -0.15) is 0 Å². The number of carbonyl (C=O) groups is 2.